The molecular weight excluding hydrogens is 556 g/mol. The third kappa shape index (κ3) is 9.90. The number of nitrogens with zero attached hydrogens (tertiary/aromatic N) is 3. The fourth-order valence-electron chi connectivity index (χ4n) is 6.00. The molecule has 4 rings (SSSR count). The number of carbonyl (C=O) groups is 3. The number of hydrogen-bond acceptors (Lipinski definition) is 8. The largest absolute Gasteiger partial charge is 0.444 e. The number of nitrogens with one attached hydrogen (secondary N) is 1. The van der Waals surface area contributed by atoms with Crippen molar-refractivity contribution >= 4 is 41.8 Å². The van der Waals surface area contributed by atoms with Gasteiger partial charge in [0.2, 0.25) is 5.91 Å². The van der Waals surface area contributed by atoms with Crippen LogP contribution in [0.4, 0.5) is 4.79 Å². The van der Waals surface area contributed by atoms with Crippen molar-refractivity contribution < 1.29 is 19.1 Å². The fraction of sp³-hybridized carbons (Fsp3) is 0.710. The van der Waals surface area contributed by atoms with Crippen LogP contribution in [0.5, 0.6) is 0 Å². The summed E-state index contributed by atoms with van der Waals surface area (Å²) in [6.07, 6.45) is 7.59. The summed E-state index contributed by atoms with van der Waals surface area (Å²) in [7, 11) is 0. The standard InChI is InChI=1S/C31H48N4O4S2/c1-31(2,3)39-30(38)35-23-41-21-28(35)29(37)34(17-18-36)22-40-20-25-11-7-8-12-27(25)32-26-13-15-33(16-14-26)19-24-9-5-4-6-10-24/h4-6,9-10,18,25-28,32H,7-8,11-17,19-23H2,1-3H3/t25?,27-,28+/m1/s1. The van der Waals surface area contributed by atoms with E-state index in [1.165, 1.54) is 49.0 Å². The van der Waals surface area contributed by atoms with E-state index in [4.69, 9.17) is 4.74 Å². The molecule has 3 fully saturated rings. The molecule has 1 N–H and O–H groups in total. The molecule has 8 nitrogen and oxygen atoms in total. The van der Waals surface area contributed by atoms with E-state index in [0.717, 1.165) is 31.7 Å². The lowest BCUT2D eigenvalue weighted by Crippen LogP contribution is -2.51. The fourth-order valence-corrected chi connectivity index (χ4v) is 8.39. The minimum absolute atomic E-state index is 0.0447. The van der Waals surface area contributed by atoms with Gasteiger partial charge in [0.1, 0.15) is 17.9 Å². The van der Waals surface area contributed by atoms with E-state index in [1.54, 1.807) is 28.4 Å². The molecule has 2 heterocycles. The van der Waals surface area contributed by atoms with Crippen LogP contribution in [-0.2, 0) is 20.9 Å². The van der Waals surface area contributed by atoms with Crippen molar-refractivity contribution in [3.63, 3.8) is 0 Å². The zero-order valence-electron chi connectivity index (χ0n) is 25.0. The van der Waals surface area contributed by atoms with Crippen LogP contribution in [0, 0.1) is 5.92 Å². The first-order valence-corrected chi connectivity index (χ1v) is 17.4. The summed E-state index contributed by atoms with van der Waals surface area (Å²) in [5, 5.41) is 4.02. The van der Waals surface area contributed by atoms with Crippen molar-refractivity contribution in [2.24, 2.45) is 5.92 Å². The zero-order chi connectivity index (χ0) is 29.2. The molecule has 228 valence electrons. The molecule has 2 aliphatic heterocycles. The Kier molecular flexibility index (Phi) is 12.3. The molecule has 3 atom stereocenters. The Balaban J connectivity index is 1.24. The molecular formula is C31H48N4O4S2. The molecule has 1 aliphatic carbocycles. The van der Waals surface area contributed by atoms with Gasteiger partial charge in [0.15, 0.2) is 0 Å². The van der Waals surface area contributed by atoms with Crippen LogP contribution in [0.3, 0.4) is 0 Å². The second kappa shape index (κ2) is 15.6. The molecule has 1 aromatic carbocycles. The number of aldehydes is 1. The van der Waals surface area contributed by atoms with Crippen molar-refractivity contribution in [2.75, 3.05) is 42.9 Å². The SMILES string of the molecule is CC(C)(C)OC(=O)N1CSC[C@H]1C(=O)N(CC=O)CSCC1CCCC[C@H]1NC1CCN(Cc2ccccc2)CC1. The number of thioether (sulfide) groups is 2. The molecule has 2 saturated heterocycles. The molecule has 1 aromatic rings. The minimum atomic E-state index is -0.625. The first-order chi connectivity index (χ1) is 19.7. The van der Waals surface area contributed by atoms with E-state index in [1.807, 2.05) is 20.8 Å². The van der Waals surface area contributed by atoms with Crippen molar-refractivity contribution in [1.29, 1.82) is 0 Å². The maximum Gasteiger partial charge on any atom is 0.411 e. The number of ether oxygens (including phenoxy) is 1. The predicted molar refractivity (Wildman–Crippen MR) is 168 cm³/mol. The molecule has 1 unspecified atom stereocenters. The summed E-state index contributed by atoms with van der Waals surface area (Å²) >= 11 is 3.28. The highest BCUT2D eigenvalue weighted by molar-refractivity contribution is 7.99. The smallest absolute Gasteiger partial charge is 0.411 e. The van der Waals surface area contributed by atoms with Crippen molar-refractivity contribution in [1.82, 2.24) is 20.0 Å². The Morgan fingerprint density at radius 3 is 2.56 bits per heavy atom. The lowest BCUT2D eigenvalue weighted by Gasteiger charge is -2.39. The average Bonchev–Trinajstić information content (AvgIpc) is 3.44. The van der Waals surface area contributed by atoms with Gasteiger partial charge in [-0.15, -0.1) is 23.5 Å². The van der Waals surface area contributed by atoms with Crippen LogP contribution in [0.25, 0.3) is 0 Å². The highest BCUT2D eigenvalue weighted by Gasteiger charge is 2.39. The third-order valence-electron chi connectivity index (χ3n) is 8.18. The van der Waals surface area contributed by atoms with E-state index in [-0.39, 0.29) is 12.5 Å². The lowest BCUT2D eigenvalue weighted by molar-refractivity contribution is -0.136. The Morgan fingerprint density at radius 2 is 1.85 bits per heavy atom. The zero-order valence-corrected chi connectivity index (χ0v) is 26.6. The Labute approximate surface area is 254 Å². The van der Waals surface area contributed by atoms with Crippen LogP contribution < -0.4 is 5.32 Å². The molecule has 0 aromatic heterocycles. The maximum atomic E-state index is 13.4. The van der Waals surface area contributed by atoms with E-state index in [9.17, 15) is 14.4 Å². The number of amides is 2. The maximum absolute atomic E-state index is 13.4. The first-order valence-electron chi connectivity index (χ1n) is 15.1. The number of piperidine rings is 1. The Morgan fingerprint density at radius 1 is 1.12 bits per heavy atom. The highest BCUT2D eigenvalue weighted by Crippen LogP contribution is 2.30. The van der Waals surface area contributed by atoms with Gasteiger partial charge in [0.05, 0.1) is 18.3 Å². The second-order valence-corrected chi connectivity index (χ2v) is 14.5. The van der Waals surface area contributed by atoms with Gasteiger partial charge in [0, 0.05) is 24.4 Å². The molecule has 0 radical (unpaired) electrons. The van der Waals surface area contributed by atoms with Gasteiger partial charge in [0.25, 0.3) is 0 Å². The summed E-state index contributed by atoms with van der Waals surface area (Å²) in [6.45, 7) is 8.79. The number of likely N-dealkylation sites (tertiary alicyclic amines) is 1. The van der Waals surface area contributed by atoms with E-state index < -0.39 is 17.7 Å². The topological polar surface area (TPSA) is 82.2 Å². The highest BCUT2D eigenvalue weighted by atomic mass is 32.2. The van der Waals surface area contributed by atoms with E-state index in [0.29, 0.717) is 35.5 Å². The molecule has 41 heavy (non-hydrogen) atoms. The van der Waals surface area contributed by atoms with Crippen LogP contribution in [-0.4, -0.2) is 99.6 Å². The van der Waals surface area contributed by atoms with Crippen molar-refractivity contribution in [2.45, 2.75) is 89.6 Å². The summed E-state index contributed by atoms with van der Waals surface area (Å²) in [4.78, 5) is 43.3. The minimum Gasteiger partial charge on any atom is -0.444 e. The van der Waals surface area contributed by atoms with Gasteiger partial charge < -0.3 is 19.7 Å². The normalized spacial score (nSPS) is 24.3. The molecule has 0 bridgehead atoms. The van der Waals surface area contributed by atoms with Crippen LogP contribution in [0.2, 0.25) is 0 Å². The summed E-state index contributed by atoms with van der Waals surface area (Å²) in [6, 6.07) is 11.2. The quantitative estimate of drug-likeness (QED) is 0.284. The van der Waals surface area contributed by atoms with Gasteiger partial charge in [-0.2, -0.15) is 0 Å². The summed E-state index contributed by atoms with van der Waals surface area (Å²) in [5.74, 6) is 2.76. The van der Waals surface area contributed by atoms with Gasteiger partial charge in [-0.3, -0.25) is 14.6 Å². The summed E-state index contributed by atoms with van der Waals surface area (Å²) in [5.41, 5.74) is 0.759. The van der Waals surface area contributed by atoms with Gasteiger partial charge in [-0.05, 0) is 76.8 Å². The van der Waals surface area contributed by atoms with Gasteiger partial charge in [-0.25, -0.2) is 4.79 Å². The average molecular weight is 605 g/mol. The predicted octanol–water partition coefficient (Wildman–Crippen LogP) is 4.83. The second-order valence-electron chi connectivity index (χ2n) is 12.5. The number of benzene rings is 1. The van der Waals surface area contributed by atoms with Crippen molar-refractivity contribution in [3.05, 3.63) is 35.9 Å². The molecule has 3 aliphatic rings. The number of carbonyl (C=O) groups excluding carboxylic acids is 3. The number of rotatable bonds is 11. The van der Waals surface area contributed by atoms with Gasteiger partial charge in [-0.1, -0.05) is 43.2 Å². The van der Waals surface area contributed by atoms with Crippen molar-refractivity contribution in [3.8, 4) is 0 Å². The van der Waals surface area contributed by atoms with E-state index >= 15 is 0 Å². The third-order valence-corrected chi connectivity index (χ3v) is 10.3. The van der Waals surface area contributed by atoms with E-state index in [2.05, 4.69) is 40.5 Å². The first kappa shape index (κ1) is 32.2. The van der Waals surface area contributed by atoms with Crippen LogP contribution in [0.1, 0.15) is 64.9 Å². The number of hydrogen-bond donors (Lipinski definition) is 1. The molecule has 2 amide bonds. The molecule has 0 spiro atoms. The molecule has 1 saturated carbocycles. The lowest BCUT2D eigenvalue weighted by atomic mass is 9.85. The summed E-state index contributed by atoms with van der Waals surface area (Å²) < 4.78 is 5.53. The van der Waals surface area contributed by atoms with Gasteiger partial charge >= 0.3 is 6.09 Å². The monoisotopic (exact) mass is 604 g/mol. The van der Waals surface area contributed by atoms with Crippen LogP contribution >= 0.6 is 23.5 Å². The molecule has 10 heteroatoms. The van der Waals surface area contributed by atoms with Crippen LogP contribution in [0.15, 0.2) is 30.3 Å². The Bertz CT molecular complexity index is 984. The Hall–Kier alpha value is -1.75.